The lowest BCUT2D eigenvalue weighted by Crippen LogP contribution is -2.30. The zero-order valence-corrected chi connectivity index (χ0v) is 22.7. The topological polar surface area (TPSA) is 102 Å². The van der Waals surface area contributed by atoms with Crippen molar-refractivity contribution < 1.29 is 4.79 Å². The number of hydrogen-bond acceptors (Lipinski definition) is 5. The second kappa shape index (κ2) is 10.8. The van der Waals surface area contributed by atoms with Gasteiger partial charge in [-0.25, -0.2) is 0 Å². The second-order valence-corrected chi connectivity index (χ2v) is 11.2. The third kappa shape index (κ3) is 4.95. The lowest BCUT2D eigenvalue weighted by atomic mass is 9.94. The minimum absolute atomic E-state index is 0.0566. The summed E-state index contributed by atoms with van der Waals surface area (Å²) in [5.74, 6) is 0.501. The van der Waals surface area contributed by atoms with E-state index >= 15 is 0 Å². The molecule has 2 fully saturated rings. The first-order valence-corrected chi connectivity index (χ1v) is 14.5. The zero-order chi connectivity index (χ0) is 26.9. The van der Waals surface area contributed by atoms with Crippen LogP contribution in [-0.2, 0) is 4.79 Å². The zero-order valence-electron chi connectivity index (χ0n) is 22.7. The highest BCUT2D eigenvalue weighted by Gasteiger charge is 2.19. The summed E-state index contributed by atoms with van der Waals surface area (Å²) in [5, 5.41) is 16.6. The molecule has 0 bridgehead atoms. The number of anilines is 2. The summed E-state index contributed by atoms with van der Waals surface area (Å²) in [5.41, 5.74) is 8.02. The number of aromatic nitrogens is 4. The Kier molecular flexibility index (Phi) is 6.69. The van der Waals surface area contributed by atoms with Crippen LogP contribution in [0.4, 0.5) is 11.4 Å². The summed E-state index contributed by atoms with van der Waals surface area (Å²) in [6, 6.07) is 17.0. The molecule has 40 heavy (non-hydrogen) atoms. The molecule has 4 N–H and O–H groups in total. The molecule has 8 heteroatoms. The molecule has 2 aliphatic rings. The molecule has 0 aliphatic carbocycles. The fourth-order valence-electron chi connectivity index (χ4n) is 6.30. The van der Waals surface area contributed by atoms with Crippen molar-refractivity contribution in [3.8, 4) is 22.5 Å². The Morgan fingerprint density at radius 3 is 2.67 bits per heavy atom. The van der Waals surface area contributed by atoms with Crippen LogP contribution >= 0.6 is 0 Å². The van der Waals surface area contributed by atoms with E-state index in [9.17, 15) is 4.79 Å². The quantitative estimate of drug-likeness (QED) is 0.212. The number of rotatable bonds is 6. The average molecular weight is 534 g/mol. The van der Waals surface area contributed by atoms with Gasteiger partial charge in [0.05, 0.1) is 23.1 Å². The first-order valence-electron chi connectivity index (χ1n) is 14.5. The molecule has 2 saturated heterocycles. The van der Waals surface area contributed by atoms with Crippen molar-refractivity contribution in [2.75, 3.05) is 36.4 Å². The largest absolute Gasteiger partial charge is 0.371 e. The van der Waals surface area contributed by atoms with E-state index in [1.807, 2.05) is 12.3 Å². The van der Waals surface area contributed by atoms with Crippen molar-refractivity contribution in [2.45, 2.75) is 38.5 Å². The van der Waals surface area contributed by atoms with Gasteiger partial charge in [-0.3, -0.25) is 14.9 Å². The van der Waals surface area contributed by atoms with E-state index in [4.69, 9.17) is 5.10 Å². The highest BCUT2D eigenvalue weighted by molar-refractivity contribution is 6.01. The van der Waals surface area contributed by atoms with Crippen molar-refractivity contribution >= 4 is 39.1 Å². The number of nitrogens with one attached hydrogen (secondary N) is 4. The van der Waals surface area contributed by atoms with Crippen LogP contribution in [0.25, 0.3) is 44.3 Å². The van der Waals surface area contributed by atoms with Gasteiger partial charge in [0.2, 0.25) is 5.91 Å². The van der Waals surface area contributed by atoms with Gasteiger partial charge in [0, 0.05) is 53.2 Å². The van der Waals surface area contributed by atoms with Crippen LogP contribution in [-0.4, -0.2) is 52.3 Å². The van der Waals surface area contributed by atoms with Crippen LogP contribution in [0.15, 0.2) is 60.9 Å². The number of benzene rings is 2. The molecule has 2 aromatic carbocycles. The molecular weight excluding hydrogens is 498 g/mol. The number of pyridine rings is 1. The maximum atomic E-state index is 12.7. The van der Waals surface area contributed by atoms with Crippen LogP contribution in [0.5, 0.6) is 0 Å². The number of amides is 1. The Morgan fingerprint density at radius 1 is 0.925 bits per heavy atom. The molecule has 7 rings (SSSR count). The van der Waals surface area contributed by atoms with E-state index in [1.54, 1.807) is 6.20 Å². The normalized spacial score (nSPS) is 16.6. The molecular formula is C32H35N7O. The van der Waals surface area contributed by atoms with Gasteiger partial charge >= 0.3 is 0 Å². The van der Waals surface area contributed by atoms with E-state index in [1.165, 1.54) is 30.3 Å². The number of fused-ring (bicyclic) bond motifs is 2. The standard InChI is InChI=1S/C32H35N7O/c40-31(15-21-9-11-33-12-10-21)35-24-16-23(19-34-20-24)22-7-8-28-26(17-22)32(38-37-28)29-18-25-27(36-29)5-4-6-30(25)39-13-2-1-3-14-39/h4-8,16-21,33,36H,1-3,9-15H2,(H,35,40)(H,37,38). The maximum absolute atomic E-state index is 12.7. The van der Waals surface area contributed by atoms with Crippen LogP contribution in [0.2, 0.25) is 0 Å². The Balaban J connectivity index is 1.17. The molecule has 0 unspecified atom stereocenters. The van der Waals surface area contributed by atoms with Gasteiger partial charge in [-0.05, 0) is 93.1 Å². The van der Waals surface area contributed by atoms with E-state index in [2.05, 4.69) is 73.1 Å². The number of H-pyrrole nitrogens is 2. The summed E-state index contributed by atoms with van der Waals surface area (Å²) in [6.07, 6.45) is 10.0. The third-order valence-electron chi connectivity index (χ3n) is 8.44. The SMILES string of the molecule is O=C(CC1CCNCC1)Nc1cncc(-c2ccc3[nH]nc(-c4cc5c(N6CCCCC6)cccc5[nH]4)c3c2)c1. The van der Waals surface area contributed by atoms with Crippen molar-refractivity contribution in [3.63, 3.8) is 0 Å². The summed E-state index contributed by atoms with van der Waals surface area (Å²) in [4.78, 5) is 23.3. The summed E-state index contributed by atoms with van der Waals surface area (Å²) >= 11 is 0. The molecule has 204 valence electrons. The van der Waals surface area contributed by atoms with Crippen molar-refractivity contribution in [3.05, 3.63) is 60.9 Å². The van der Waals surface area contributed by atoms with E-state index < -0.39 is 0 Å². The van der Waals surface area contributed by atoms with Gasteiger partial charge in [-0.2, -0.15) is 5.10 Å². The fraction of sp³-hybridized carbons (Fsp3) is 0.344. The average Bonchev–Trinajstić information content (AvgIpc) is 3.62. The lowest BCUT2D eigenvalue weighted by molar-refractivity contribution is -0.117. The lowest BCUT2D eigenvalue weighted by Gasteiger charge is -2.29. The predicted octanol–water partition coefficient (Wildman–Crippen LogP) is 6.09. The maximum Gasteiger partial charge on any atom is 0.224 e. The van der Waals surface area contributed by atoms with Gasteiger partial charge in [0.25, 0.3) is 0 Å². The van der Waals surface area contributed by atoms with Gasteiger partial charge in [0.1, 0.15) is 5.69 Å². The summed E-state index contributed by atoms with van der Waals surface area (Å²) in [6.45, 7) is 4.21. The summed E-state index contributed by atoms with van der Waals surface area (Å²) < 4.78 is 0. The molecule has 1 amide bonds. The number of carbonyl (C=O) groups excluding carboxylic acids is 1. The molecule has 0 spiro atoms. The fourth-order valence-corrected chi connectivity index (χ4v) is 6.30. The van der Waals surface area contributed by atoms with E-state index in [0.29, 0.717) is 12.3 Å². The number of carbonyl (C=O) groups is 1. The van der Waals surface area contributed by atoms with Crippen molar-refractivity contribution in [1.82, 2.24) is 25.5 Å². The van der Waals surface area contributed by atoms with Crippen molar-refractivity contribution in [1.29, 1.82) is 0 Å². The molecule has 5 heterocycles. The van der Waals surface area contributed by atoms with Crippen LogP contribution in [0.3, 0.4) is 0 Å². The predicted molar refractivity (Wildman–Crippen MR) is 162 cm³/mol. The third-order valence-corrected chi connectivity index (χ3v) is 8.44. The monoisotopic (exact) mass is 533 g/mol. The number of hydrogen-bond donors (Lipinski definition) is 4. The minimum Gasteiger partial charge on any atom is -0.371 e. The number of nitrogens with zero attached hydrogens (tertiary/aromatic N) is 3. The van der Waals surface area contributed by atoms with Crippen LogP contribution in [0.1, 0.15) is 38.5 Å². The Labute approximate surface area is 233 Å². The van der Waals surface area contributed by atoms with Gasteiger partial charge in [0.15, 0.2) is 0 Å². The minimum atomic E-state index is 0.0566. The Bertz CT molecular complexity index is 1660. The van der Waals surface area contributed by atoms with Gasteiger partial charge < -0.3 is 20.5 Å². The second-order valence-electron chi connectivity index (χ2n) is 11.2. The van der Waals surface area contributed by atoms with E-state index in [-0.39, 0.29) is 5.91 Å². The Morgan fingerprint density at radius 2 is 1.80 bits per heavy atom. The van der Waals surface area contributed by atoms with Crippen molar-refractivity contribution in [2.24, 2.45) is 5.92 Å². The molecule has 3 aromatic heterocycles. The molecule has 2 aliphatic heterocycles. The summed E-state index contributed by atoms with van der Waals surface area (Å²) in [7, 11) is 0. The van der Waals surface area contributed by atoms with E-state index in [0.717, 1.165) is 83.6 Å². The van der Waals surface area contributed by atoms with Gasteiger partial charge in [-0.1, -0.05) is 12.1 Å². The first-order chi connectivity index (χ1) is 19.7. The molecule has 0 radical (unpaired) electrons. The molecule has 5 aromatic rings. The highest BCUT2D eigenvalue weighted by atomic mass is 16.1. The van der Waals surface area contributed by atoms with Crippen LogP contribution < -0.4 is 15.5 Å². The number of aromatic amines is 2. The molecule has 0 saturated carbocycles. The Hall–Kier alpha value is -4.17. The number of piperidine rings is 2. The highest BCUT2D eigenvalue weighted by Crippen LogP contribution is 2.35. The first kappa shape index (κ1) is 24.8. The smallest absolute Gasteiger partial charge is 0.224 e. The van der Waals surface area contributed by atoms with Gasteiger partial charge in [-0.15, -0.1) is 0 Å². The molecule has 0 atom stereocenters. The van der Waals surface area contributed by atoms with Crippen LogP contribution in [0, 0.1) is 5.92 Å². The molecule has 8 nitrogen and oxygen atoms in total.